The lowest BCUT2D eigenvalue weighted by Crippen LogP contribution is -2.52. The van der Waals surface area contributed by atoms with Gasteiger partial charge in [-0.1, -0.05) is 28.9 Å². The van der Waals surface area contributed by atoms with E-state index in [1.807, 2.05) is 24.3 Å². The minimum atomic E-state index is -0.741. The van der Waals surface area contributed by atoms with E-state index >= 15 is 0 Å². The van der Waals surface area contributed by atoms with E-state index in [1.54, 1.807) is 7.11 Å². The fourth-order valence-electron chi connectivity index (χ4n) is 6.94. The SMILES string of the molecule is COCCCC1CC(CN(C(=O)[C@H]2CNCC[C@@H]2c2ccc(OCc3cc(-c4c(F)ccc(F)c4Cl)no3)cc2)C2CC2)C(Cl)CN1. The quantitative estimate of drug-likeness (QED) is 0.120. The zero-order valence-electron chi connectivity index (χ0n) is 26.5. The van der Waals surface area contributed by atoms with Gasteiger partial charge in [-0.25, -0.2) is 8.78 Å². The molecule has 0 radical (unpaired) electrons. The molecule has 3 aromatic rings. The normalized spacial score (nSPS) is 24.7. The number of piperidine rings is 2. The highest BCUT2D eigenvalue weighted by atomic mass is 35.5. The van der Waals surface area contributed by atoms with E-state index in [2.05, 4.69) is 20.7 Å². The summed E-state index contributed by atoms with van der Waals surface area (Å²) in [6, 6.07) is 11.9. The molecule has 2 saturated heterocycles. The van der Waals surface area contributed by atoms with Gasteiger partial charge in [0.05, 0.1) is 21.9 Å². The summed E-state index contributed by atoms with van der Waals surface area (Å²) >= 11 is 12.8. The van der Waals surface area contributed by atoms with Gasteiger partial charge >= 0.3 is 0 Å². The highest BCUT2D eigenvalue weighted by molar-refractivity contribution is 6.33. The monoisotopic (exact) mass is 690 g/mol. The van der Waals surface area contributed by atoms with Crippen molar-refractivity contribution in [2.75, 3.05) is 39.9 Å². The van der Waals surface area contributed by atoms with Gasteiger partial charge in [0.15, 0.2) is 5.76 Å². The summed E-state index contributed by atoms with van der Waals surface area (Å²) in [6.07, 6.45) is 5.98. The number of nitrogens with one attached hydrogen (secondary N) is 2. The number of hydrogen-bond acceptors (Lipinski definition) is 7. The summed E-state index contributed by atoms with van der Waals surface area (Å²) in [5.74, 6) is -0.0876. The first-order valence-electron chi connectivity index (χ1n) is 16.5. The maximum absolute atomic E-state index is 14.3. The van der Waals surface area contributed by atoms with Crippen LogP contribution in [0.15, 0.2) is 47.0 Å². The molecule has 2 aliphatic heterocycles. The molecule has 47 heavy (non-hydrogen) atoms. The fraction of sp³-hybridized carbons (Fsp3) is 0.543. The molecule has 254 valence electrons. The third kappa shape index (κ3) is 8.28. The van der Waals surface area contributed by atoms with Gasteiger partial charge in [-0.3, -0.25) is 4.79 Å². The molecule has 3 unspecified atom stereocenters. The van der Waals surface area contributed by atoms with Gasteiger partial charge in [0.2, 0.25) is 5.91 Å². The van der Waals surface area contributed by atoms with E-state index in [0.29, 0.717) is 36.7 Å². The van der Waals surface area contributed by atoms with Gasteiger partial charge in [0.25, 0.3) is 0 Å². The molecule has 3 fully saturated rings. The molecule has 2 aromatic carbocycles. The maximum atomic E-state index is 14.3. The first-order valence-corrected chi connectivity index (χ1v) is 17.3. The number of aromatic nitrogens is 1. The molecule has 6 rings (SSSR count). The summed E-state index contributed by atoms with van der Waals surface area (Å²) in [4.78, 5) is 16.4. The molecule has 1 aromatic heterocycles. The predicted octanol–water partition coefficient (Wildman–Crippen LogP) is 6.55. The topological polar surface area (TPSA) is 88.9 Å². The third-order valence-corrected chi connectivity index (χ3v) is 10.5. The molecule has 3 heterocycles. The number of amides is 1. The van der Waals surface area contributed by atoms with Crippen molar-refractivity contribution < 1.29 is 27.6 Å². The van der Waals surface area contributed by atoms with E-state index in [4.69, 9.17) is 37.2 Å². The third-order valence-electron chi connectivity index (χ3n) is 9.65. The van der Waals surface area contributed by atoms with Crippen LogP contribution in [-0.2, 0) is 16.1 Å². The number of alkyl halides is 1. The molecule has 0 spiro atoms. The first kappa shape index (κ1) is 34.1. The minimum Gasteiger partial charge on any atom is -0.486 e. The Morgan fingerprint density at radius 1 is 1.11 bits per heavy atom. The Morgan fingerprint density at radius 3 is 2.66 bits per heavy atom. The second kappa shape index (κ2) is 15.6. The number of rotatable bonds is 13. The molecule has 5 atom stereocenters. The van der Waals surface area contributed by atoms with E-state index < -0.39 is 11.6 Å². The van der Waals surface area contributed by atoms with E-state index in [1.165, 1.54) is 6.07 Å². The Morgan fingerprint density at radius 2 is 1.89 bits per heavy atom. The highest BCUT2D eigenvalue weighted by Crippen LogP contribution is 2.38. The summed E-state index contributed by atoms with van der Waals surface area (Å²) in [6.45, 7) is 3.75. The molecule has 1 amide bonds. The number of nitrogens with zero attached hydrogens (tertiary/aromatic N) is 2. The average Bonchev–Trinajstić information content (AvgIpc) is 3.83. The lowest BCUT2D eigenvalue weighted by Gasteiger charge is -2.40. The molecule has 1 aliphatic carbocycles. The van der Waals surface area contributed by atoms with E-state index in [0.717, 1.165) is 75.9 Å². The molecule has 8 nitrogen and oxygen atoms in total. The van der Waals surface area contributed by atoms with Crippen LogP contribution in [0, 0.1) is 23.5 Å². The zero-order valence-corrected chi connectivity index (χ0v) is 28.0. The van der Waals surface area contributed by atoms with Crippen molar-refractivity contribution in [3.8, 4) is 17.0 Å². The number of carbonyl (C=O) groups excluding carboxylic acids is 1. The molecular weight excluding hydrogens is 649 g/mol. The number of halogens is 4. The summed E-state index contributed by atoms with van der Waals surface area (Å²) in [5, 5.41) is 10.5. The van der Waals surface area contributed by atoms with Crippen molar-refractivity contribution in [1.82, 2.24) is 20.7 Å². The average molecular weight is 692 g/mol. The Bertz CT molecular complexity index is 1510. The number of ether oxygens (including phenoxy) is 2. The van der Waals surface area contributed by atoms with Crippen molar-refractivity contribution >= 4 is 29.1 Å². The number of hydrogen-bond donors (Lipinski definition) is 2. The van der Waals surface area contributed by atoms with E-state index in [-0.39, 0.29) is 51.9 Å². The zero-order chi connectivity index (χ0) is 32.9. The van der Waals surface area contributed by atoms with Crippen LogP contribution < -0.4 is 15.4 Å². The standard InChI is InChI=1S/C35H42Cl2F2N4O4/c1-45-14-2-3-23-15-22(29(36)18-41-23)19-43(24-6-7-24)35(44)28-17-40-13-12-27(28)21-4-8-25(9-5-21)46-20-26-16-32(42-47-26)33-30(38)10-11-31(39)34(33)37/h4-5,8-11,16,22-24,27-29,40-41H,2-3,6-7,12-15,17-20H2,1H3/t22?,23?,27-,28+,29?/m1/s1. The Kier molecular flexibility index (Phi) is 11.4. The van der Waals surface area contributed by atoms with Crippen molar-refractivity contribution in [2.24, 2.45) is 11.8 Å². The van der Waals surface area contributed by atoms with Crippen LogP contribution in [-0.4, -0.2) is 73.3 Å². The van der Waals surface area contributed by atoms with Crippen molar-refractivity contribution in [3.63, 3.8) is 0 Å². The molecule has 12 heteroatoms. The van der Waals surface area contributed by atoms with Gasteiger partial charge in [-0.15, -0.1) is 11.6 Å². The predicted molar refractivity (Wildman–Crippen MR) is 177 cm³/mol. The molecule has 2 N–H and O–H groups in total. The first-order chi connectivity index (χ1) is 22.8. The maximum Gasteiger partial charge on any atom is 0.227 e. The van der Waals surface area contributed by atoms with Gasteiger partial charge in [-0.2, -0.15) is 0 Å². The summed E-state index contributed by atoms with van der Waals surface area (Å²) < 4.78 is 44.6. The van der Waals surface area contributed by atoms with Crippen LogP contribution in [0.25, 0.3) is 11.3 Å². The smallest absolute Gasteiger partial charge is 0.227 e. The summed E-state index contributed by atoms with van der Waals surface area (Å²) in [7, 11) is 1.73. The van der Waals surface area contributed by atoms with Crippen LogP contribution in [0.2, 0.25) is 5.02 Å². The van der Waals surface area contributed by atoms with Crippen molar-refractivity contribution in [3.05, 3.63) is 70.4 Å². The van der Waals surface area contributed by atoms with Crippen LogP contribution >= 0.6 is 23.2 Å². The van der Waals surface area contributed by atoms with E-state index in [9.17, 15) is 13.6 Å². The van der Waals surface area contributed by atoms with Gasteiger partial charge in [-0.05, 0) is 86.7 Å². The fourth-order valence-corrected chi connectivity index (χ4v) is 7.46. The Hall–Kier alpha value is -2.76. The second-order valence-corrected chi connectivity index (χ2v) is 13.9. The molecular formula is C35H42Cl2F2N4O4. The molecule has 1 saturated carbocycles. The van der Waals surface area contributed by atoms with Crippen molar-refractivity contribution in [1.29, 1.82) is 0 Å². The van der Waals surface area contributed by atoms with Crippen LogP contribution in [0.4, 0.5) is 8.78 Å². The summed E-state index contributed by atoms with van der Waals surface area (Å²) in [5.41, 5.74) is 1.03. The van der Waals surface area contributed by atoms with Crippen LogP contribution in [0.5, 0.6) is 5.75 Å². The van der Waals surface area contributed by atoms with Gasteiger partial charge < -0.3 is 29.5 Å². The number of benzene rings is 2. The highest BCUT2D eigenvalue weighted by Gasteiger charge is 2.42. The van der Waals surface area contributed by atoms with Crippen molar-refractivity contribution in [2.45, 2.75) is 68.5 Å². The molecule has 3 aliphatic rings. The lowest BCUT2D eigenvalue weighted by molar-refractivity contribution is -0.138. The number of methoxy groups -OCH3 is 1. The minimum absolute atomic E-state index is 0.000558. The van der Waals surface area contributed by atoms with Crippen LogP contribution in [0.1, 0.15) is 55.8 Å². The Balaban J connectivity index is 1.08. The Labute approximate surface area is 284 Å². The molecule has 0 bridgehead atoms. The van der Waals surface area contributed by atoms with Gasteiger partial charge in [0.1, 0.15) is 29.7 Å². The second-order valence-electron chi connectivity index (χ2n) is 12.9. The number of carbonyl (C=O) groups is 1. The largest absolute Gasteiger partial charge is 0.486 e. The van der Waals surface area contributed by atoms with Crippen LogP contribution in [0.3, 0.4) is 0 Å². The van der Waals surface area contributed by atoms with Gasteiger partial charge in [0, 0.05) is 51.5 Å². The lowest BCUT2D eigenvalue weighted by atomic mass is 9.80.